The molecule has 2 aromatic rings. The number of para-hydroxylation sites is 1. The molecule has 1 atom stereocenters. The summed E-state index contributed by atoms with van der Waals surface area (Å²) in [5.74, 6) is 1.28. The van der Waals surface area contributed by atoms with Crippen molar-refractivity contribution in [3.63, 3.8) is 0 Å². The Morgan fingerprint density at radius 1 is 1.05 bits per heavy atom. The molecule has 0 saturated heterocycles. The van der Waals surface area contributed by atoms with Crippen LogP contribution in [-0.4, -0.2) is 6.47 Å². The van der Waals surface area contributed by atoms with Gasteiger partial charge in [0.1, 0.15) is 17.6 Å². The van der Waals surface area contributed by atoms with Gasteiger partial charge in [-0.2, -0.15) is 5.26 Å². The maximum atomic E-state index is 10.3. The van der Waals surface area contributed by atoms with Gasteiger partial charge in [0, 0.05) is 5.56 Å². The topological polar surface area (TPSA) is 59.3 Å². The molecular formula is C15H11NO3. The van der Waals surface area contributed by atoms with Gasteiger partial charge in [-0.3, -0.25) is 4.79 Å². The van der Waals surface area contributed by atoms with Crippen molar-refractivity contribution >= 4 is 6.47 Å². The molecule has 0 heterocycles. The molecule has 0 amide bonds. The number of benzene rings is 2. The second-order valence-corrected chi connectivity index (χ2v) is 3.73. The summed E-state index contributed by atoms with van der Waals surface area (Å²) in [5.41, 5.74) is 0.572. The van der Waals surface area contributed by atoms with Crippen LogP contribution >= 0.6 is 0 Å². The fourth-order valence-corrected chi connectivity index (χ4v) is 1.60. The molecule has 0 bridgehead atoms. The Labute approximate surface area is 110 Å². The third-order valence-electron chi connectivity index (χ3n) is 2.45. The van der Waals surface area contributed by atoms with Crippen molar-refractivity contribution in [2.45, 2.75) is 6.10 Å². The standard InChI is InChI=1S/C15H11NO3/c16-10-15(18-11-17)12-5-4-8-14(9-12)19-13-6-2-1-3-7-13/h1-9,11,15H. The van der Waals surface area contributed by atoms with Crippen molar-refractivity contribution < 1.29 is 14.3 Å². The first-order chi connectivity index (χ1) is 9.33. The van der Waals surface area contributed by atoms with Gasteiger partial charge < -0.3 is 9.47 Å². The molecule has 0 aliphatic carbocycles. The average molecular weight is 253 g/mol. The lowest BCUT2D eigenvalue weighted by Gasteiger charge is -2.10. The maximum absolute atomic E-state index is 10.3. The fourth-order valence-electron chi connectivity index (χ4n) is 1.60. The highest BCUT2D eigenvalue weighted by Gasteiger charge is 2.11. The monoisotopic (exact) mass is 253 g/mol. The molecule has 0 aromatic heterocycles. The van der Waals surface area contributed by atoms with E-state index >= 15 is 0 Å². The van der Waals surface area contributed by atoms with Gasteiger partial charge in [-0.15, -0.1) is 0 Å². The molecule has 4 nitrogen and oxygen atoms in total. The van der Waals surface area contributed by atoms with Crippen LogP contribution in [0, 0.1) is 11.3 Å². The van der Waals surface area contributed by atoms with Crippen LogP contribution in [0.3, 0.4) is 0 Å². The van der Waals surface area contributed by atoms with Gasteiger partial charge in [0.05, 0.1) is 0 Å². The molecule has 0 fully saturated rings. The summed E-state index contributed by atoms with van der Waals surface area (Å²) in [6.45, 7) is 0.263. The van der Waals surface area contributed by atoms with E-state index in [1.54, 1.807) is 24.3 Å². The molecule has 2 rings (SSSR count). The van der Waals surface area contributed by atoms with Gasteiger partial charge in [-0.1, -0.05) is 30.3 Å². The zero-order chi connectivity index (χ0) is 13.5. The largest absolute Gasteiger partial charge is 0.457 e. The van der Waals surface area contributed by atoms with Crippen LogP contribution < -0.4 is 4.74 Å². The predicted molar refractivity (Wildman–Crippen MR) is 68.5 cm³/mol. The summed E-state index contributed by atoms with van der Waals surface area (Å²) in [6.07, 6.45) is -0.920. The van der Waals surface area contributed by atoms with E-state index < -0.39 is 6.10 Å². The minimum absolute atomic E-state index is 0.263. The highest BCUT2D eigenvalue weighted by Crippen LogP contribution is 2.25. The van der Waals surface area contributed by atoms with E-state index in [1.165, 1.54) is 0 Å². The number of nitriles is 1. The molecule has 0 radical (unpaired) electrons. The van der Waals surface area contributed by atoms with Crippen LogP contribution in [-0.2, 0) is 9.53 Å². The van der Waals surface area contributed by atoms with E-state index in [-0.39, 0.29) is 6.47 Å². The first-order valence-corrected chi connectivity index (χ1v) is 5.65. The number of nitrogens with zero attached hydrogens (tertiary/aromatic N) is 1. The van der Waals surface area contributed by atoms with Crippen molar-refractivity contribution in [1.82, 2.24) is 0 Å². The van der Waals surface area contributed by atoms with E-state index in [9.17, 15) is 4.79 Å². The Morgan fingerprint density at radius 2 is 1.79 bits per heavy atom. The van der Waals surface area contributed by atoms with E-state index in [2.05, 4.69) is 4.74 Å². The Hall–Kier alpha value is -2.80. The zero-order valence-electron chi connectivity index (χ0n) is 10.0. The summed E-state index contributed by atoms with van der Waals surface area (Å²) in [4.78, 5) is 10.3. The van der Waals surface area contributed by atoms with Crippen LogP contribution in [0.5, 0.6) is 11.5 Å². The van der Waals surface area contributed by atoms with Gasteiger partial charge in [-0.05, 0) is 24.3 Å². The van der Waals surface area contributed by atoms with Gasteiger partial charge >= 0.3 is 0 Å². The third kappa shape index (κ3) is 3.33. The number of hydrogen-bond donors (Lipinski definition) is 0. The summed E-state index contributed by atoms with van der Waals surface area (Å²) >= 11 is 0. The number of rotatable bonds is 5. The zero-order valence-corrected chi connectivity index (χ0v) is 10.0. The Kier molecular flexibility index (Phi) is 4.14. The summed E-state index contributed by atoms with van der Waals surface area (Å²) in [6, 6.07) is 18.1. The highest BCUT2D eigenvalue weighted by atomic mass is 16.5. The van der Waals surface area contributed by atoms with Crippen LogP contribution in [0.4, 0.5) is 0 Å². The molecule has 0 aliphatic heterocycles. The molecular weight excluding hydrogens is 242 g/mol. The number of ether oxygens (including phenoxy) is 2. The molecule has 94 valence electrons. The first-order valence-electron chi connectivity index (χ1n) is 5.65. The third-order valence-corrected chi connectivity index (χ3v) is 2.45. The van der Waals surface area contributed by atoms with E-state index in [4.69, 9.17) is 10.00 Å². The second kappa shape index (κ2) is 6.22. The molecule has 0 spiro atoms. The van der Waals surface area contributed by atoms with Crippen LogP contribution in [0.15, 0.2) is 54.6 Å². The summed E-state index contributed by atoms with van der Waals surface area (Å²) in [7, 11) is 0. The van der Waals surface area contributed by atoms with E-state index in [0.29, 0.717) is 17.1 Å². The summed E-state index contributed by atoms with van der Waals surface area (Å²) in [5, 5.41) is 8.92. The highest BCUT2D eigenvalue weighted by molar-refractivity contribution is 5.41. The van der Waals surface area contributed by atoms with Crippen molar-refractivity contribution in [3.05, 3.63) is 60.2 Å². The predicted octanol–water partition coefficient (Wildman–Crippen LogP) is 3.22. The maximum Gasteiger partial charge on any atom is 0.294 e. The lowest BCUT2D eigenvalue weighted by molar-refractivity contribution is -0.131. The number of carbonyl (C=O) groups is 1. The van der Waals surface area contributed by atoms with Crippen LogP contribution in [0.2, 0.25) is 0 Å². The van der Waals surface area contributed by atoms with Gasteiger partial charge in [0.15, 0.2) is 0 Å². The molecule has 1 unspecified atom stereocenters. The van der Waals surface area contributed by atoms with Crippen LogP contribution in [0.25, 0.3) is 0 Å². The number of carbonyl (C=O) groups excluding carboxylic acids is 1. The van der Waals surface area contributed by atoms with Gasteiger partial charge in [0.25, 0.3) is 6.47 Å². The Morgan fingerprint density at radius 3 is 2.47 bits per heavy atom. The van der Waals surface area contributed by atoms with Crippen molar-refractivity contribution in [3.8, 4) is 17.6 Å². The molecule has 0 aliphatic rings. The summed E-state index contributed by atoms with van der Waals surface area (Å²) < 4.78 is 10.3. The first kappa shape index (κ1) is 12.7. The lowest BCUT2D eigenvalue weighted by Crippen LogP contribution is -2.00. The second-order valence-electron chi connectivity index (χ2n) is 3.73. The molecule has 0 N–H and O–H groups in total. The van der Waals surface area contributed by atoms with Crippen molar-refractivity contribution in [1.29, 1.82) is 5.26 Å². The van der Waals surface area contributed by atoms with Gasteiger partial charge in [0.2, 0.25) is 6.10 Å². The smallest absolute Gasteiger partial charge is 0.294 e. The molecule has 0 saturated carbocycles. The average Bonchev–Trinajstić information content (AvgIpc) is 2.46. The molecule has 19 heavy (non-hydrogen) atoms. The minimum Gasteiger partial charge on any atom is -0.457 e. The van der Waals surface area contributed by atoms with E-state index in [1.807, 2.05) is 36.4 Å². The Bertz CT molecular complexity index is 590. The van der Waals surface area contributed by atoms with Crippen LogP contribution in [0.1, 0.15) is 11.7 Å². The molecule has 4 heteroatoms. The van der Waals surface area contributed by atoms with E-state index in [0.717, 1.165) is 0 Å². The minimum atomic E-state index is -0.920. The van der Waals surface area contributed by atoms with Gasteiger partial charge in [-0.25, -0.2) is 0 Å². The number of hydrogen-bond acceptors (Lipinski definition) is 4. The SMILES string of the molecule is N#CC(OC=O)c1cccc(Oc2ccccc2)c1. The Balaban J connectivity index is 2.20. The normalized spacial score (nSPS) is 11.1. The van der Waals surface area contributed by atoms with Crippen molar-refractivity contribution in [2.75, 3.05) is 0 Å². The fraction of sp³-hybridized carbons (Fsp3) is 0.0667. The van der Waals surface area contributed by atoms with Crippen molar-refractivity contribution in [2.24, 2.45) is 0 Å². The lowest BCUT2D eigenvalue weighted by atomic mass is 10.1. The quantitative estimate of drug-likeness (QED) is 0.767. The molecule has 2 aromatic carbocycles.